The zero-order valence-corrected chi connectivity index (χ0v) is 13.0. The van der Waals surface area contributed by atoms with E-state index in [9.17, 15) is 0 Å². The first-order valence-corrected chi connectivity index (χ1v) is 7.17. The fourth-order valence-electron chi connectivity index (χ4n) is 2.29. The quantitative estimate of drug-likeness (QED) is 0.724. The molecule has 0 aliphatic rings. The van der Waals surface area contributed by atoms with Crippen LogP contribution < -0.4 is 0 Å². The van der Waals surface area contributed by atoms with Crippen molar-refractivity contribution in [1.82, 2.24) is 24.6 Å². The van der Waals surface area contributed by atoms with Crippen LogP contribution in [0.3, 0.4) is 0 Å². The van der Waals surface area contributed by atoms with Crippen molar-refractivity contribution in [3.63, 3.8) is 0 Å². The van der Waals surface area contributed by atoms with Gasteiger partial charge in [0.25, 0.3) is 0 Å². The summed E-state index contributed by atoms with van der Waals surface area (Å²) >= 11 is 0. The molecule has 0 spiro atoms. The van der Waals surface area contributed by atoms with Crippen molar-refractivity contribution in [2.45, 2.75) is 20.0 Å². The predicted octanol–water partition coefficient (Wildman–Crippen LogP) is 2.41. The summed E-state index contributed by atoms with van der Waals surface area (Å²) in [5.74, 6) is 2.17. The molecule has 0 aliphatic heterocycles. The fourth-order valence-corrected chi connectivity index (χ4v) is 2.29. The van der Waals surface area contributed by atoms with E-state index in [2.05, 4.69) is 20.1 Å². The molecule has 0 atom stereocenters. The highest BCUT2D eigenvalue weighted by atomic mass is 16.4. The highest BCUT2D eigenvalue weighted by Gasteiger charge is 2.12. The third-order valence-corrected chi connectivity index (χ3v) is 3.48. The summed E-state index contributed by atoms with van der Waals surface area (Å²) < 4.78 is 7.73. The van der Waals surface area contributed by atoms with E-state index in [1.807, 2.05) is 62.1 Å². The van der Waals surface area contributed by atoms with E-state index in [1.54, 1.807) is 0 Å². The van der Waals surface area contributed by atoms with Crippen LogP contribution in [0.4, 0.5) is 0 Å². The van der Waals surface area contributed by atoms with Crippen LogP contribution in [0.1, 0.15) is 17.4 Å². The van der Waals surface area contributed by atoms with Crippen LogP contribution in [-0.2, 0) is 20.1 Å². The lowest BCUT2D eigenvalue weighted by atomic mass is 10.2. The molecular formula is C16H19N5O. The lowest BCUT2D eigenvalue weighted by Gasteiger charge is -2.11. The van der Waals surface area contributed by atoms with Crippen molar-refractivity contribution in [2.24, 2.45) is 7.05 Å². The van der Waals surface area contributed by atoms with Crippen LogP contribution in [0.15, 0.2) is 40.9 Å². The summed E-state index contributed by atoms with van der Waals surface area (Å²) in [6, 6.07) is 9.78. The molecule has 6 nitrogen and oxygen atoms in total. The molecule has 0 amide bonds. The number of aryl methyl sites for hydroxylation is 2. The number of aromatic nitrogens is 4. The maximum absolute atomic E-state index is 5.72. The van der Waals surface area contributed by atoms with E-state index in [1.165, 1.54) is 0 Å². The Kier molecular flexibility index (Phi) is 4.02. The molecule has 0 fully saturated rings. The fraction of sp³-hybridized carbons (Fsp3) is 0.312. The van der Waals surface area contributed by atoms with Crippen molar-refractivity contribution in [3.8, 4) is 11.5 Å². The standard InChI is InChI=1S/C16H19N5O/c1-12-17-14(10-21(12)3)9-20(2)11-15-18-19-16(22-15)13-7-5-4-6-8-13/h4-8,10H,9,11H2,1-3H3. The van der Waals surface area contributed by atoms with Gasteiger partial charge in [0.1, 0.15) is 5.82 Å². The number of imidazole rings is 1. The van der Waals surface area contributed by atoms with Gasteiger partial charge in [0.15, 0.2) is 0 Å². The Bertz CT molecular complexity index is 727. The summed E-state index contributed by atoms with van der Waals surface area (Å²) in [4.78, 5) is 6.60. The number of nitrogens with zero attached hydrogens (tertiary/aromatic N) is 5. The largest absolute Gasteiger partial charge is 0.419 e. The number of rotatable bonds is 5. The summed E-state index contributed by atoms with van der Waals surface area (Å²) in [5.41, 5.74) is 1.97. The molecule has 2 heterocycles. The van der Waals surface area contributed by atoms with Crippen LogP contribution in [0, 0.1) is 6.92 Å². The SMILES string of the molecule is Cc1nc(CN(C)Cc2nnc(-c3ccccc3)o2)cn1C. The lowest BCUT2D eigenvalue weighted by Crippen LogP contribution is -2.17. The molecular weight excluding hydrogens is 278 g/mol. The number of hydrogen-bond acceptors (Lipinski definition) is 5. The normalized spacial score (nSPS) is 11.3. The second-order valence-electron chi connectivity index (χ2n) is 5.43. The predicted molar refractivity (Wildman–Crippen MR) is 82.9 cm³/mol. The van der Waals surface area contributed by atoms with E-state index >= 15 is 0 Å². The van der Waals surface area contributed by atoms with Crippen molar-refractivity contribution in [2.75, 3.05) is 7.05 Å². The maximum atomic E-state index is 5.72. The van der Waals surface area contributed by atoms with Gasteiger partial charge in [-0.05, 0) is 26.1 Å². The Morgan fingerprint density at radius 2 is 1.91 bits per heavy atom. The average molecular weight is 297 g/mol. The van der Waals surface area contributed by atoms with E-state index < -0.39 is 0 Å². The summed E-state index contributed by atoms with van der Waals surface area (Å²) in [5, 5.41) is 8.21. The van der Waals surface area contributed by atoms with Gasteiger partial charge in [-0.1, -0.05) is 18.2 Å². The molecule has 3 aromatic rings. The third kappa shape index (κ3) is 3.23. The van der Waals surface area contributed by atoms with E-state index in [0.717, 1.165) is 23.6 Å². The highest BCUT2D eigenvalue weighted by molar-refractivity contribution is 5.51. The second-order valence-corrected chi connectivity index (χ2v) is 5.43. The molecule has 0 radical (unpaired) electrons. The van der Waals surface area contributed by atoms with Gasteiger partial charge in [0, 0.05) is 25.4 Å². The van der Waals surface area contributed by atoms with Gasteiger partial charge < -0.3 is 8.98 Å². The van der Waals surface area contributed by atoms with Crippen LogP contribution in [0.5, 0.6) is 0 Å². The first kappa shape index (κ1) is 14.5. The monoisotopic (exact) mass is 297 g/mol. The number of benzene rings is 1. The zero-order valence-electron chi connectivity index (χ0n) is 13.0. The van der Waals surface area contributed by atoms with Gasteiger partial charge in [-0.2, -0.15) is 0 Å². The van der Waals surface area contributed by atoms with E-state index in [0.29, 0.717) is 18.3 Å². The molecule has 6 heteroatoms. The van der Waals surface area contributed by atoms with Gasteiger partial charge in [-0.15, -0.1) is 10.2 Å². The van der Waals surface area contributed by atoms with Crippen molar-refractivity contribution in [3.05, 3.63) is 53.9 Å². The Balaban J connectivity index is 1.64. The van der Waals surface area contributed by atoms with Gasteiger partial charge in [0.05, 0.1) is 12.2 Å². The lowest BCUT2D eigenvalue weighted by molar-refractivity contribution is 0.280. The van der Waals surface area contributed by atoms with Gasteiger partial charge in [-0.3, -0.25) is 4.90 Å². The molecule has 2 aromatic heterocycles. The van der Waals surface area contributed by atoms with Crippen molar-refractivity contribution in [1.29, 1.82) is 0 Å². The third-order valence-electron chi connectivity index (χ3n) is 3.48. The van der Waals surface area contributed by atoms with E-state index in [4.69, 9.17) is 4.42 Å². The molecule has 0 saturated heterocycles. The molecule has 3 rings (SSSR count). The van der Waals surface area contributed by atoms with Crippen molar-refractivity contribution >= 4 is 0 Å². The molecule has 1 aromatic carbocycles. The molecule has 114 valence electrons. The molecule has 0 N–H and O–H groups in total. The van der Waals surface area contributed by atoms with Gasteiger partial charge >= 0.3 is 0 Å². The highest BCUT2D eigenvalue weighted by Crippen LogP contribution is 2.17. The Hall–Kier alpha value is -2.47. The van der Waals surface area contributed by atoms with Gasteiger partial charge in [0.2, 0.25) is 11.8 Å². The average Bonchev–Trinajstić information content (AvgIpc) is 3.07. The summed E-state index contributed by atoms with van der Waals surface area (Å²) in [7, 11) is 4.01. The Labute approximate surface area is 129 Å². The first-order chi connectivity index (χ1) is 10.6. The van der Waals surface area contributed by atoms with Crippen LogP contribution >= 0.6 is 0 Å². The minimum Gasteiger partial charge on any atom is -0.419 e. The van der Waals surface area contributed by atoms with Crippen molar-refractivity contribution < 1.29 is 4.42 Å². The van der Waals surface area contributed by atoms with Crippen LogP contribution in [0.2, 0.25) is 0 Å². The molecule has 22 heavy (non-hydrogen) atoms. The van der Waals surface area contributed by atoms with E-state index in [-0.39, 0.29) is 0 Å². The summed E-state index contributed by atoms with van der Waals surface area (Å²) in [6.07, 6.45) is 2.04. The Morgan fingerprint density at radius 1 is 1.14 bits per heavy atom. The minimum absolute atomic E-state index is 0.553. The molecule has 0 unspecified atom stereocenters. The Morgan fingerprint density at radius 3 is 2.59 bits per heavy atom. The maximum Gasteiger partial charge on any atom is 0.247 e. The smallest absolute Gasteiger partial charge is 0.247 e. The molecule has 0 saturated carbocycles. The first-order valence-electron chi connectivity index (χ1n) is 7.17. The minimum atomic E-state index is 0.553. The summed E-state index contributed by atoms with van der Waals surface area (Å²) in [6.45, 7) is 3.33. The number of hydrogen-bond donors (Lipinski definition) is 0. The topological polar surface area (TPSA) is 60.0 Å². The molecule has 0 bridgehead atoms. The van der Waals surface area contributed by atoms with Crippen LogP contribution in [0.25, 0.3) is 11.5 Å². The molecule has 0 aliphatic carbocycles. The van der Waals surface area contributed by atoms with Crippen LogP contribution in [-0.4, -0.2) is 31.7 Å². The van der Waals surface area contributed by atoms with Gasteiger partial charge in [-0.25, -0.2) is 4.98 Å². The second kappa shape index (κ2) is 6.11. The zero-order chi connectivity index (χ0) is 15.5.